The summed E-state index contributed by atoms with van der Waals surface area (Å²) in [6.45, 7) is 6.30. The van der Waals surface area contributed by atoms with Gasteiger partial charge in [-0.2, -0.15) is 0 Å². The van der Waals surface area contributed by atoms with E-state index in [1.54, 1.807) is 0 Å². The Hall–Kier alpha value is -2.46. The van der Waals surface area contributed by atoms with Crippen molar-refractivity contribution < 1.29 is 14.3 Å². The van der Waals surface area contributed by atoms with E-state index in [0.717, 1.165) is 43.4 Å². The molecule has 0 N–H and O–H groups in total. The van der Waals surface area contributed by atoms with Gasteiger partial charge >= 0.3 is 5.97 Å². The Kier molecular flexibility index (Phi) is 7.10. The predicted molar refractivity (Wildman–Crippen MR) is 130 cm³/mol. The van der Waals surface area contributed by atoms with Crippen LogP contribution in [0.3, 0.4) is 0 Å². The van der Waals surface area contributed by atoms with Gasteiger partial charge in [0.25, 0.3) is 0 Å². The minimum absolute atomic E-state index is 0.0150. The van der Waals surface area contributed by atoms with Crippen LogP contribution in [0.1, 0.15) is 52.9 Å². The van der Waals surface area contributed by atoms with Crippen molar-refractivity contribution >= 4 is 16.9 Å². The van der Waals surface area contributed by atoms with Crippen molar-refractivity contribution in [2.24, 2.45) is 5.92 Å². The second-order valence-corrected chi connectivity index (χ2v) is 11.2. The van der Waals surface area contributed by atoms with Crippen LogP contribution in [0.2, 0.25) is 0 Å². The topological polar surface area (TPSA) is 35.5 Å². The molecular formula is C28H33O3S+. The van der Waals surface area contributed by atoms with Crippen LogP contribution in [0, 0.1) is 5.92 Å². The van der Waals surface area contributed by atoms with E-state index in [2.05, 4.69) is 80.6 Å². The maximum atomic E-state index is 12.4. The van der Waals surface area contributed by atoms with E-state index in [1.807, 2.05) is 6.92 Å². The fourth-order valence-corrected chi connectivity index (χ4v) is 7.22. The molecule has 2 aliphatic rings. The number of esters is 1. The van der Waals surface area contributed by atoms with E-state index in [9.17, 15) is 4.79 Å². The van der Waals surface area contributed by atoms with Gasteiger partial charge in [-0.1, -0.05) is 43.3 Å². The summed E-state index contributed by atoms with van der Waals surface area (Å²) in [5.74, 6) is 0.865. The summed E-state index contributed by atoms with van der Waals surface area (Å²) < 4.78 is 11.8. The predicted octanol–water partition coefficient (Wildman–Crippen LogP) is 6.81. The molecule has 0 heterocycles. The lowest BCUT2D eigenvalue weighted by molar-refractivity contribution is -0.161. The first-order valence-electron chi connectivity index (χ1n) is 11.6. The van der Waals surface area contributed by atoms with Crippen molar-refractivity contribution in [3.8, 4) is 0 Å². The minimum atomic E-state index is -0.311. The van der Waals surface area contributed by atoms with E-state index >= 15 is 0 Å². The lowest BCUT2D eigenvalue weighted by Gasteiger charge is -2.26. The summed E-state index contributed by atoms with van der Waals surface area (Å²) >= 11 is 0. The quantitative estimate of drug-likeness (QED) is 0.344. The van der Waals surface area contributed by atoms with Gasteiger partial charge in [-0.05, 0) is 75.4 Å². The average molecular weight is 450 g/mol. The van der Waals surface area contributed by atoms with Gasteiger partial charge in [0.15, 0.2) is 16.4 Å². The molecule has 1 saturated carbocycles. The summed E-state index contributed by atoms with van der Waals surface area (Å²) in [6.07, 6.45) is 7.33. The number of carbonyl (C=O) groups excluding carboxylic acids is 1. The first kappa shape index (κ1) is 22.7. The Morgan fingerprint density at radius 2 is 1.56 bits per heavy atom. The highest BCUT2D eigenvalue weighted by Crippen LogP contribution is 2.40. The number of ether oxygens (including phenoxy) is 2. The molecule has 1 unspecified atom stereocenters. The van der Waals surface area contributed by atoms with Gasteiger partial charge in [0.05, 0.1) is 10.9 Å². The molecule has 2 aromatic rings. The second-order valence-electron chi connectivity index (χ2n) is 9.12. The number of allylic oxidation sites excluding steroid dienone is 4. The lowest BCUT2D eigenvalue weighted by atomic mass is 9.96. The highest BCUT2D eigenvalue weighted by Gasteiger charge is 2.36. The molecule has 32 heavy (non-hydrogen) atoms. The molecule has 3 nitrogen and oxygen atoms in total. The van der Waals surface area contributed by atoms with Crippen LogP contribution >= 0.6 is 0 Å². The standard InChI is InChI=1S/C28H33O3S/c1-21-18-25(32(23-12-6-4-7-13-23)24-14-8-5-9-15-24)19-22(2)27(21)30-20-26(29)31-28(3)16-10-11-17-28/h4-9,12-15,18,22H,10-11,16-17,19-20H2,1-3H3/q+1. The smallest absolute Gasteiger partial charge is 0.344 e. The van der Waals surface area contributed by atoms with Gasteiger partial charge in [-0.3, -0.25) is 0 Å². The molecule has 4 rings (SSSR count). The number of hydrogen-bond donors (Lipinski definition) is 0. The molecule has 0 aromatic heterocycles. The third-order valence-corrected chi connectivity index (χ3v) is 8.60. The Morgan fingerprint density at radius 1 is 1.00 bits per heavy atom. The van der Waals surface area contributed by atoms with Crippen LogP contribution in [0.25, 0.3) is 0 Å². The molecule has 0 spiro atoms. The van der Waals surface area contributed by atoms with Crippen molar-refractivity contribution in [2.45, 2.75) is 68.3 Å². The molecule has 0 amide bonds. The summed E-state index contributed by atoms with van der Waals surface area (Å²) in [5.41, 5.74) is 0.789. The Balaban J connectivity index is 1.53. The molecule has 168 valence electrons. The molecule has 2 aliphatic carbocycles. The Bertz CT molecular complexity index is 948. The molecule has 0 aliphatic heterocycles. The zero-order chi connectivity index (χ0) is 22.6. The number of carbonyl (C=O) groups is 1. The largest absolute Gasteiger partial charge is 0.486 e. The van der Waals surface area contributed by atoms with E-state index in [1.165, 1.54) is 14.7 Å². The van der Waals surface area contributed by atoms with Gasteiger partial charge in [0.1, 0.15) is 16.3 Å². The summed E-state index contributed by atoms with van der Waals surface area (Å²) in [7, 11) is -0.136. The molecule has 1 atom stereocenters. The second kappa shape index (κ2) is 9.99. The fraction of sp³-hybridized carbons (Fsp3) is 0.393. The van der Waals surface area contributed by atoms with Gasteiger partial charge in [0, 0.05) is 12.3 Å². The Labute approximate surface area is 194 Å². The molecule has 0 saturated heterocycles. The monoisotopic (exact) mass is 449 g/mol. The normalized spacial score (nSPS) is 20.2. The lowest BCUT2D eigenvalue weighted by Crippen LogP contribution is -2.30. The van der Waals surface area contributed by atoms with E-state index in [-0.39, 0.29) is 35.0 Å². The Morgan fingerprint density at radius 3 is 2.09 bits per heavy atom. The van der Waals surface area contributed by atoms with Crippen molar-refractivity contribution in [1.82, 2.24) is 0 Å². The van der Waals surface area contributed by atoms with Crippen LogP contribution in [-0.4, -0.2) is 18.2 Å². The summed E-state index contributed by atoms with van der Waals surface area (Å²) in [4.78, 5) is 16.5. The van der Waals surface area contributed by atoms with Crippen LogP contribution in [0.15, 0.2) is 92.8 Å². The van der Waals surface area contributed by atoms with Crippen LogP contribution in [0.5, 0.6) is 0 Å². The van der Waals surface area contributed by atoms with Crippen molar-refractivity contribution in [1.29, 1.82) is 0 Å². The van der Waals surface area contributed by atoms with Crippen LogP contribution in [-0.2, 0) is 25.2 Å². The number of rotatable bonds is 7. The van der Waals surface area contributed by atoms with Gasteiger partial charge in [0.2, 0.25) is 0 Å². The first-order valence-corrected chi connectivity index (χ1v) is 12.8. The highest BCUT2D eigenvalue weighted by molar-refractivity contribution is 8.00. The summed E-state index contributed by atoms with van der Waals surface area (Å²) in [6, 6.07) is 21.4. The zero-order valence-corrected chi connectivity index (χ0v) is 20.1. The molecule has 0 bridgehead atoms. The first-order chi connectivity index (χ1) is 15.5. The maximum absolute atomic E-state index is 12.4. The highest BCUT2D eigenvalue weighted by atomic mass is 32.2. The molecular weight excluding hydrogens is 416 g/mol. The molecule has 2 aromatic carbocycles. The van der Waals surface area contributed by atoms with E-state index in [4.69, 9.17) is 9.47 Å². The average Bonchev–Trinajstić information content (AvgIpc) is 3.20. The van der Waals surface area contributed by atoms with Crippen LogP contribution in [0.4, 0.5) is 0 Å². The minimum Gasteiger partial charge on any atom is -0.486 e. The number of benzene rings is 2. The number of hydrogen-bond acceptors (Lipinski definition) is 3. The van der Waals surface area contributed by atoms with E-state index in [0.29, 0.717) is 0 Å². The zero-order valence-electron chi connectivity index (χ0n) is 19.3. The van der Waals surface area contributed by atoms with Gasteiger partial charge in [-0.15, -0.1) is 0 Å². The maximum Gasteiger partial charge on any atom is 0.344 e. The van der Waals surface area contributed by atoms with Crippen LogP contribution < -0.4 is 0 Å². The van der Waals surface area contributed by atoms with Crippen molar-refractivity contribution in [3.05, 3.63) is 83.0 Å². The summed E-state index contributed by atoms with van der Waals surface area (Å²) in [5, 5.41) is 0. The van der Waals surface area contributed by atoms with Crippen molar-refractivity contribution in [3.63, 3.8) is 0 Å². The van der Waals surface area contributed by atoms with Gasteiger partial charge < -0.3 is 9.47 Å². The molecule has 1 fully saturated rings. The van der Waals surface area contributed by atoms with Crippen molar-refractivity contribution in [2.75, 3.05) is 6.61 Å². The van der Waals surface area contributed by atoms with Gasteiger partial charge in [-0.25, -0.2) is 4.79 Å². The SMILES string of the molecule is CC1=C(OCC(=O)OC2(C)CCCC2)C(C)CC([S+](c2ccccc2)c2ccccc2)=C1. The third kappa shape index (κ3) is 5.29. The van der Waals surface area contributed by atoms with E-state index < -0.39 is 0 Å². The fourth-order valence-electron chi connectivity index (χ4n) is 4.77. The molecule has 4 heteroatoms. The molecule has 0 radical (unpaired) electrons. The third-order valence-electron chi connectivity index (χ3n) is 6.31.